The van der Waals surface area contributed by atoms with Gasteiger partial charge < -0.3 is 10.2 Å². The zero-order valence-corrected chi connectivity index (χ0v) is 15.8. The lowest BCUT2D eigenvalue weighted by Crippen LogP contribution is -2.41. The highest BCUT2D eigenvalue weighted by Gasteiger charge is 2.20. The molecule has 0 saturated carbocycles. The second-order valence-corrected chi connectivity index (χ2v) is 7.30. The van der Waals surface area contributed by atoms with Crippen LogP contribution in [0.1, 0.15) is 18.4 Å². The van der Waals surface area contributed by atoms with Crippen LogP contribution >= 0.6 is 15.9 Å². The van der Waals surface area contributed by atoms with Gasteiger partial charge in [0.15, 0.2) is 0 Å². The molecular formula is C18H24BrN5. The van der Waals surface area contributed by atoms with Crippen molar-refractivity contribution in [3.05, 3.63) is 46.6 Å². The largest absolute Gasteiger partial charge is 0.366 e. The molecule has 1 N–H and O–H groups in total. The van der Waals surface area contributed by atoms with Gasteiger partial charge in [0.25, 0.3) is 0 Å². The first kappa shape index (κ1) is 17.2. The molecule has 1 aromatic heterocycles. The fourth-order valence-corrected chi connectivity index (χ4v) is 3.45. The highest BCUT2D eigenvalue weighted by molar-refractivity contribution is 9.10. The molecule has 2 aromatic rings. The van der Waals surface area contributed by atoms with Crippen molar-refractivity contribution in [3.8, 4) is 0 Å². The molecule has 0 bridgehead atoms. The van der Waals surface area contributed by atoms with E-state index in [9.17, 15) is 0 Å². The Kier molecular flexibility index (Phi) is 5.68. The second-order valence-electron chi connectivity index (χ2n) is 6.45. The third-order valence-electron chi connectivity index (χ3n) is 4.25. The molecule has 1 aromatic carbocycles. The number of nitrogens with one attached hydrogen (secondary N) is 1. The highest BCUT2D eigenvalue weighted by atomic mass is 79.9. The van der Waals surface area contributed by atoms with E-state index in [1.165, 1.54) is 22.9 Å². The van der Waals surface area contributed by atoms with Gasteiger partial charge in [-0.2, -0.15) is 4.98 Å². The minimum absolute atomic E-state index is 0.422. The summed E-state index contributed by atoms with van der Waals surface area (Å²) in [6.45, 7) is 3.15. The highest BCUT2D eigenvalue weighted by Crippen LogP contribution is 2.21. The van der Waals surface area contributed by atoms with E-state index in [0.717, 1.165) is 31.4 Å². The van der Waals surface area contributed by atoms with Crippen LogP contribution in [-0.2, 0) is 6.54 Å². The van der Waals surface area contributed by atoms with Crippen molar-refractivity contribution in [2.75, 3.05) is 37.4 Å². The summed E-state index contributed by atoms with van der Waals surface area (Å²) in [7, 11) is 3.92. The van der Waals surface area contributed by atoms with Gasteiger partial charge in [0.2, 0.25) is 5.95 Å². The van der Waals surface area contributed by atoms with Crippen LogP contribution in [0.25, 0.3) is 0 Å². The molecule has 5 nitrogen and oxygen atoms in total. The summed E-state index contributed by atoms with van der Waals surface area (Å²) in [5.74, 6) is 1.64. The maximum Gasteiger partial charge on any atom is 0.226 e. The molecule has 1 unspecified atom stereocenters. The molecule has 3 rings (SSSR count). The second kappa shape index (κ2) is 7.94. The average Bonchev–Trinajstić information content (AvgIpc) is 2.57. The van der Waals surface area contributed by atoms with E-state index in [1.807, 2.05) is 31.3 Å². The normalized spacial score (nSPS) is 18.4. The fourth-order valence-electron chi connectivity index (χ4n) is 3.04. The van der Waals surface area contributed by atoms with Crippen molar-refractivity contribution >= 4 is 27.7 Å². The number of piperidine rings is 1. The number of nitrogens with zero attached hydrogens (tertiary/aromatic N) is 4. The molecule has 1 saturated heterocycles. The molecule has 1 aliphatic heterocycles. The van der Waals surface area contributed by atoms with Crippen LogP contribution in [0.15, 0.2) is 41.0 Å². The molecule has 2 heterocycles. The summed E-state index contributed by atoms with van der Waals surface area (Å²) in [6, 6.07) is 10.8. The third kappa shape index (κ3) is 4.45. The Bertz CT molecular complexity index is 676. The van der Waals surface area contributed by atoms with E-state index in [4.69, 9.17) is 0 Å². The van der Waals surface area contributed by atoms with Crippen LogP contribution in [-0.4, -0.2) is 48.1 Å². The summed E-state index contributed by atoms with van der Waals surface area (Å²) in [5, 5.41) is 3.58. The smallest absolute Gasteiger partial charge is 0.226 e. The van der Waals surface area contributed by atoms with Crippen LogP contribution in [0, 0.1) is 0 Å². The lowest BCUT2D eigenvalue weighted by Gasteiger charge is -2.33. The minimum Gasteiger partial charge on any atom is -0.366 e. The average molecular weight is 390 g/mol. The maximum atomic E-state index is 4.57. The number of aromatic nitrogens is 2. The Morgan fingerprint density at radius 2 is 2.12 bits per heavy atom. The Hall–Kier alpha value is -1.66. The van der Waals surface area contributed by atoms with Crippen LogP contribution in [0.4, 0.5) is 11.8 Å². The van der Waals surface area contributed by atoms with Crippen molar-refractivity contribution in [2.45, 2.75) is 25.4 Å². The van der Waals surface area contributed by atoms with Crippen LogP contribution in [0.2, 0.25) is 0 Å². The van der Waals surface area contributed by atoms with Gasteiger partial charge in [-0.05, 0) is 37.1 Å². The number of likely N-dealkylation sites (tertiary alicyclic amines) is 1. The summed E-state index contributed by atoms with van der Waals surface area (Å²) in [6.07, 6.45) is 4.19. The Morgan fingerprint density at radius 3 is 2.92 bits per heavy atom. The maximum absolute atomic E-state index is 4.57. The third-order valence-corrected chi connectivity index (χ3v) is 5.03. The molecule has 1 aliphatic rings. The van der Waals surface area contributed by atoms with E-state index in [2.05, 4.69) is 60.4 Å². The first-order chi connectivity index (χ1) is 11.6. The molecular weight excluding hydrogens is 366 g/mol. The van der Waals surface area contributed by atoms with E-state index in [1.54, 1.807) is 0 Å². The van der Waals surface area contributed by atoms with Crippen molar-refractivity contribution in [2.24, 2.45) is 0 Å². The van der Waals surface area contributed by atoms with E-state index >= 15 is 0 Å². The molecule has 1 fully saturated rings. The number of halogens is 1. The van der Waals surface area contributed by atoms with E-state index in [0.29, 0.717) is 6.04 Å². The SMILES string of the molecule is CN(C)c1nccc(NC2CCCN(Cc3ccccc3Br)C2)n1. The predicted molar refractivity (Wildman–Crippen MR) is 102 cm³/mol. The van der Waals surface area contributed by atoms with Crippen molar-refractivity contribution in [3.63, 3.8) is 0 Å². The summed E-state index contributed by atoms with van der Waals surface area (Å²) < 4.78 is 1.19. The number of rotatable bonds is 5. The molecule has 128 valence electrons. The van der Waals surface area contributed by atoms with Gasteiger partial charge in [0.1, 0.15) is 5.82 Å². The fraction of sp³-hybridized carbons (Fsp3) is 0.444. The topological polar surface area (TPSA) is 44.3 Å². The van der Waals surface area contributed by atoms with Crippen LogP contribution in [0.3, 0.4) is 0 Å². The number of benzene rings is 1. The summed E-state index contributed by atoms with van der Waals surface area (Å²) >= 11 is 3.65. The molecule has 24 heavy (non-hydrogen) atoms. The molecule has 1 atom stereocenters. The zero-order valence-electron chi connectivity index (χ0n) is 14.2. The molecule has 0 amide bonds. The van der Waals surface area contributed by atoms with Crippen molar-refractivity contribution in [1.82, 2.24) is 14.9 Å². The van der Waals surface area contributed by atoms with Gasteiger partial charge in [-0.25, -0.2) is 4.98 Å². The number of anilines is 2. The van der Waals surface area contributed by atoms with Gasteiger partial charge in [-0.3, -0.25) is 4.90 Å². The zero-order chi connectivity index (χ0) is 16.9. The van der Waals surface area contributed by atoms with E-state index in [-0.39, 0.29) is 0 Å². The van der Waals surface area contributed by atoms with E-state index < -0.39 is 0 Å². The standard InChI is InChI=1S/C18H24BrN5/c1-23(2)18-20-10-9-17(22-18)21-15-7-5-11-24(13-15)12-14-6-3-4-8-16(14)19/h3-4,6,8-10,15H,5,7,11-13H2,1-2H3,(H,20,21,22). The van der Waals surface area contributed by atoms with Gasteiger partial charge in [0.05, 0.1) is 0 Å². The van der Waals surface area contributed by atoms with Crippen LogP contribution < -0.4 is 10.2 Å². The number of hydrogen-bond donors (Lipinski definition) is 1. The first-order valence-electron chi connectivity index (χ1n) is 8.34. The monoisotopic (exact) mass is 389 g/mol. The Labute approximate surface area is 152 Å². The Balaban J connectivity index is 1.61. The minimum atomic E-state index is 0.422. The predicted octanol–water partition coefficient (Wildman–Crippen LogP) is 3.38. The molecule has 6 heteroatoms. The van der Waals surface area contributed by atoms with Gasteiger partial charge >= 0.3 is 0 Å². The van der Waals surface area contributed by atoms with Crippen LogP contribution in [0.5, 0.6) is 0 Å². The molecule has 0 radical (unpaired) electrons. The van der Waals surface area contributed by atoms with Gasteiger partial charge in [-0.1, -0.05) is 34.1 Å². The van der Waals surface area contributed by atoms with Gasteiger partial charge in [0, 0.05) is 43.9 Å². The number of hydrogen-bond acceptors (Lipinski definition) is 5. The van der Waals surface area contributed by atoms with Gasteiger partial charge in [-0.15, -0.1) is 0 Å². The molecule has 0 spiro atoms. The van der Waals surface area contributed by atoms with Crippen molar-refractivity contribution in [1.29, 1.82) is 0 Å². The molecule has 0 aliphatic carbocycles. The first-order valence-corrected chi connectivity index (χ1v) is 9.14. The summed E-state index contributed by atoms with van der Waals surface area (Å²) in [4.78, 5) is 13.3. The Morgan fingerprint density at radius 1 is 1.29 bits per heavy atom. The van der Waals surface area contributed by atoms with Crippen molar-refractivity contribution < 1.29 is 0 Å². The quantitative estimate of drug-likeness (QED) is 0.848. The lowest BCUT2D eigenvalue weighted by atomic mass is 10.0. The summed E-state index contributed by atoms with van der Waals surface area (Å²) in [5.41, 5.74) is 1.34. The lowest BCUT2D eigenvalue weighted by molar-refractivity contribution is 0.208.